The molecular formula is C8H5BrF3N3O. The molecule has 2 aromatic heterocycles. The lowest BCUT2D eigenvalue weighted by molar-refractivity contribution is -0.141. The highest BCUT2D eigenvalue weighted by molar-refractivity contribution is 9.10. The molecule has 0 atom stereocenters. The summed E-state index contributed by atoms with van der Waals surface area (Å²) in [6, 6.07) is 0.454. The summed E-state index contributed by atoms with van der Waals surface area (Å²) in [5.74, 6) is 0. The van der Waals surface area contributed by atoms with Gasteiger partial charge in [-0.05, 0) is 22.9 Å². The Kier molecular flexibility index (Phi) is 2.33. The van der Waals surface area contributed by atoms with E-state index in [1.807, 2.05) is 0 Å². The predicted molar refractivity (Wildman–Crippen MR) is 53.3 cm³/mol. The molecule has 2 heterocycles. The fourth-order valence-corrected chi connectivity index (χ4v) is 1.62. The van der Waals surface area contributed by atoms with E-state index in [1.54, 1.807) is 6.92 Å². The Hall–Kier alpha value is -1.31. The molecule has 0 aliphatic heterocycles. The number of hydrogen-bond acceptors (Lipinski definition) is 2. The highest BCUT2D eigenvalue weighted by atomic mass is 79.9. The summed E-state index contributed by atoms with van der Waals surface area (Å²) in [4.78, 5) is 14.8. The molecular weight excluding hydrogens is 291 g/mol. The van der Waals surface area contributed by atoms with Gasteiger partial charge < -0.3 is 0 Å². The predicted octanol–water partition coefficient (Wildman–Crippen LogP) is 2.11. The number of nitrogens with one attached hydrogen (secondary N) is 1. The maximum atomic E-state index is 12.4. The summed E-state index contributed by atoms with van der Waals surface area (Å²) < 4.78 is 38.5. The largest absolute Gasteiger partial charge is 0.433 e. The van der Waals surface area contributed by atoms with Crippen LogP contribution >= 0.6 is 15.9 Å². The fourth-order valence-electron chi connectivity index (χ4n) is 1.27. The van der Waals surface area contributed by atoms with Crippen LogP contribution in [0.3, 0.4) is 0 Å². The van der Waals surface area contributed by atoms with Crippen molar-refractivity contribution in [2.45, 2.75) is 13.1 Å². The molecule has 0 spiro atoms. The van der Waals surface area contributed by atoms with Gasteiger partial charge in [-0.1, -0.05) is 0 Å². The van der Waals surface area contributed by atoms with Gasteiger partial charge in [0.25, 0.3) is 5.56 Å². The monoisotopic (exact) mass is 295 g/mol. The summed E-state index contributed by atoms with van der Waals surface area (Å²) in [6.07, 6.45) is -4.63. The van der Waals surface area contributed by atoms with Crippen molar-refractivity contribution < 1.29 is 13.2 Å². The van der Waals surface area contributed by atoms with Crippen LogP contribution in [-0.2, 0) is 6.18 Å². The number of alkyl halides is 3. The van der Waals surface area contributed by atoms with Crippen LogP contribution in [-0.4, -0.2) is 14.6 Å². The van der Waals surface area contributed by atoms with Crippen LogP contribution in [0.15, 0.2) is 15.3 Å². The first kappa shape index (κ1) is 11.2. The average molecular weight is 296 g/mol. The molecule has 0 aromatic carbocycles. The average Bonchev–Trinajstić information content (AvgIpc) is 2.44. The topological polar surface area (TPSA) is 50.2 Å². The fraction of sp³-hybridized carbons (Fsp3) is 0.250. The van der Waals surface area contributed by atoms with Crippen LogP contribution in [0.5, 0.6) is 0 Å². The number of aromatic amines is 1. The van der Waals surface area contributed by atoms with Crippen molar-refractivity contribution >= 4 is 21.6 Å². The highest BCUT2D eigenvalue weighted by Crippen LogP contribution is 2.28. The van der Waals surface area contributed by atoms with Crippen molar-refractivity contribution in [3.8, 4) is 0 Å². The Balaban J connectivity index is 2.86. The third kappa shape index (κ3) is 1.62. The van der Waals surface area contributed by atoms with Gasteiger partial charge in [0.1, 0.15) is 0 Å². The number of aromatic nitrogens is 3. The minimum atomic E-state index is -4.63. The van der Waals surface area contributed by atoms with Crippen LogP contribution < -0.4 is 5.56 Å². The lowest BCUT2D eigenvalue weighted by Crippen LogP contribution is -2.19. The number of nitrogens with zero attached hydrogens (tertiary/aromatic N) is 2. The van der Waals surface area contributed by atoms with Crippen molar-refractivity contribution in [2.75, 3.05) is 0 Å². The molecule has 16 heavy (non-hydrogen) atoms. The summed E-state index contributed by atoms with van der Waals surface area (Å²) in [5, 5.41) is 2.60. The Morgan fingerprint density at radius 1 is 1.50 bits per heavy atom. The van der Waals surface area contributed by atoms with E-state index in [4.69, 9.17) is 0 Å². The Bertz CT molecular complexity index is 613. The Morgan fingerprint density at radius 3 is 2.69 bits per heavy atom. The van der Waals surface area contributed by atoms with Crippen LogP contribution in [0.4, 0.5) is 13.2 Å². The molecule has 2 aromatic rings. The van der Waals surface area contributed by atoms with Crippen molar-refractivity contribution in [1.82, 2.24) is 14.6 Å². The quantitative estimate of drug-likeness (QED) is 0.809. The zero-order chi connectivity index (χ0) is 12.1. The number of aryl methyl sites for hydroxylation is 1. The summed E-state index contributed by atoms with van der Waals surface area (Å²) in [7, 11) is 0. The molecule has 0 aliphatic rings. The second-order valence-electron chi connectivity index (χ2n) is 3.19. The molecule has 0 amide bonds. The molecule has 1 N–H and O–H groups in total. The molecule has 0 radical (unpaired) electrons. The zero-order valence-corrected chi connectivity index (χ0v) is 9.48. The van der Waals surface area contributed by atoms with Gasteiger partial charge in [0, 0.05) is 11.8 Å². The number of halogens is 4. The molecule has 4 nitrogen and oxygen atoms in total. The second kappa shape index (κ2) is 3.34. The summed E-state index contributed by atoms with van der Waals surface area (Å²) in [6.45, 7) is 1.62. The first-order valence-electron chi connectivity index (χ1n) is 4.16. The lowest BCUT2D eigenvalue weighted by atomic mass is 10.4. The Morgan fingerprint density at radius 2 is 2.12 bits per heavy atom. The third-order valence-electron chi connectivity index (χ3n) is 2.01. The van der Waals surface area contributed by atoms with Gasteiger partial charge in [-0.2, -0.15) is 13.2 Å². The van der Waals surface area contributed by atoms with E-state index < -0.39 is 17.4 Å². The van der Waals surface area contributed by atoms with E-state index in [2.05, 4.69) is 26.0 Å². The summed E-state index contributed by atoms with van der Waals surface area (Å²) >= 11 is 3.07. The van der Waals surface area contributed by atoms with Gasteiger partial charge in [0.2, 0.25) is 0 Å². The number of rotatable bonds is 0. The molecule has 0 fully saturated rings. The van der Waals surface area contributed by atoms with Crippen molar-refractivity contribution in [3.63, 3.8) is 0 Å². The van der Waals surface area contributed by atoms with Gasteiger partial charge in [0.15, 0.2) is 11.3 Å². The van der Waals surface area contributed by atoms with Crippen LogP contribution in [0, 0.1) is 6.92 Å². The lowest BCUT2D eigenvalue weighted by Gasteiger charge is -2.04. The van der Waals surface area contributed by atoms with Crippen LogP contribution in [0.2, 0.25) is 0 Å². The number of fused-ring (bicyclic) bond motifs is 1. The molecule has 0 aliphatic carbocycles. The maximum Gasteiger partial charge on any atom is 0.433 e. The molecule has 0 saturated heterocycles. The number of hydrogen-bond donors (Lipinski definition) is 1. The van der Waals surface area contributed by atoms with Gasteiger partial charge >= 0.3 is 6.18 Å². The molecule has 2 rings (SSSR count). The van der Waals surface area contributed by atoms with Crippen LogP contribution in [0.1, 0.15) is 11.4 Å². The molecule has 0 saturated carbocycles. The van der Waals surface area contributed by atoms with Gasteiger partial charge in [-0.15, -0.1) is 0 Å². The maximum absolute atomic E-state index is 12.4. The van der Waals surface area contributed by atoms with E-state index in [0.29, 0.717) is 16.2 Å². The van der Waals surface area contributed by atoms with Crippen molar-refractivity contribution in [3.05, 3.63) is 32.3 Å². The van der Waals surface area contributed by atoms with Gasteiger partial charge in [-0.3, -0.25) is 9.89 Å². The standard InChI is InChI=1S/C8H5BrF3N3O/c1-3-6(9)7-13-4(8(10,11)12)2-5(16)15(7)14-3/h2,14H,1H3. The Labute approximate surface area is 95.2 Å². The SMILES string of the molecule is Cc1[nH]n2c(=O)cc(C(F)(F)F)nc2c1Br. The first-order valence-corrected chi connectivity index (χ1v) is 4.95. The highest BCUT2D eigenvalue weighted by Gasteiger charge is 2.34. The van der Waals surface area contributed by atoms with E-state index in [0.717, 1.165) is 4.52 Å². The van der Waals surface area contributed by atoms with Crippen LogP contribution in [0.25, 0.3) is 5.65 Å². The van der Waals surface area contributed by atoms with Crippen molar-refractivity contribution in [2.24, 2.45) is 0 Å². The normalized spacial score (nSPS) is 12.3. The minimum absolute atomic E-state index is 0.0719. The van der Waals surface area contributed by atoms with Gasteiger partial charge in [-0.25, -0.2) is 9.50 Å². The zero-order valence-electron chi connectivity index (χ0n) is 7.89. The smallest absolute Gasteiger partial charge is 0.293 e. The second-order valence-corrected chi connectivity index (χ2v) is 3.98. The van der Waals surface area contributed by atoms with E-state index >= 15 is 0 Å². The van der Waals surface area contributed by atoms with E-state index in [9.17, 15) is 18.0 Å². The van der Waals surface area contributed by atoms with E-state index in [1.165, 1.54) is 0 Å². The molecule has 0 unspecified atom stereocenters. The first-order chi connectivity index (χ1) is 7.30. The summed E-state index contributed by atoms with van der Waals surface area (Å²) in [5.41, 5.74) is -1.54. The molecule has 8 heteroatoms. The number of H-pyrrole nitrogens is 1. The minimum Gasteiger partial charge on any atom is -0.293 e. The molecule has 0 bridgehead atoms. The van der Waals surface area contributed by atoms with E-state index in [-0.39, 0.29) is 5.65 Å². The van der Waals surface area contributed by atoms with Crippen molar-refractivity contribution in [1.29, 1.82) is 0 Å². The third-order valence-corrected chi connectivity index (χ3v) is 2.96. The van der Waals surface area contributed by atoms with Gasteiger partial charge in [0.05, 0.1) is 4.47 Å². The molecule has 86 valence electrons.